The Kier molecular flexibility index (Phi) is 4.77. The summed E-state index contributed by atoms with van der Waals surface area (Å²) >= 11 is 0. The highest BCUT2D eigenvalue weighted by Crippen LogP contribution is 2.25. The lowest BCUT2D eigenvalue weighted by Gasteiger charge is -2.07. The summed E-state index contributed by atoms with van der Waals surface area (Å²) in [6, 6.07) is 4.66. The number of carbonyl (C=O) groups is 1. The molecule has 0 saturated carbocycles. The van der Waals surface area contributed by atoms with Gasteiger partial charge in [-0.15, -0.1) is 0 Å². The number of aromatic hydroxyl groups is 1. The van der Waals surface area contributed by atoms with Gasteiger partial charge in [0.15, 0.2) is 5.78 Å². The smallest absolute Gasteiger partial charge is 0.171 e. The average Bonchev–Trinajstić information content (AvgIpc) is 2.47. The van der Waals surface area contributed by atoms with Gasteiger partial charge in [0.1, 0.15) is 11.5 Å². The molecule has 108 valence electrons. The summed E-state index contributed by atoms with van der Waals surface area (Å²) in [4.78, 5) is 12.4. The third-order valence-electron chi connectivity index (χ3n) is 3.21. The molecule has 0 spiro atoms. The Bertz CT molecular complexity index is 661. The van der Waals surface area contributed by atoms with Gasteiger partial charge in [-0.05, 0) is 30.7 Å². The lowest BCUT2D eigenvalue weighted by atomic mass is 10.00. The monoisotopic (exact) mass is 282 g/mol. The van der Waals surface area contributed by atoms with Crippen LogP contribution in [0, 0.1) is 0 Å². The van der Waals surface area contributed by atoms with Crippen LogP contribution in [0.4, 0.5) is 0 Å². The number of benzene rings is 1. The van der Waals surface area contributed by atoms with Crippen molar-refractivity contribution >= 4 is 5.78 Å². The van der Waals surface area contributed by atoms with E-state index in [4.69, 9.17) is 4.74 Å². The Hall–Kier alpha value is -2.55. The molecule has 0 bridgehead atoms. The quantitative estimate of drug-likeness (QED) is 0.850. The second-order valence-electron chi connectivity index (χ2n) is 4.85. The van der Waals surface area contributed by atoms with Gasteiger partial charge in [0.2, 0.25) is 0 Å². The molecule has 3 heteroatoms. The van der Waals surface area contributed by atoms with Gasteiger partial charge >= 0.3 is 0 Å². The van der Waals surface area contributed by atoms with Gasteiger partial charge in [-0.25, -0.2) is 0 Å². The van der Waals surface area contributed by atoms with E-state index in [-0.39, 0.29) is 23.5 Å². The summed E-state index contributed by atoms with van der Waals surface area (Å²) in [5.74, 6) is 0.387. The van der Waals surface area contributed by atoms with E-state index in [2.05, 4.69) is 0 Å². The fourth-order valence-corrected chi connectivity index (χ4v) is 2.00. The first-order valence-electron chi connectivity index (χ1n) is 6.72. The number of ketones is 1. The Morgan fingerprint density at radius 2 is 1.95 bits per heavy atom. The molecule has 21 heavy (non-hydrogen) atoms. The molecule has 0 heterocycles. The van der Waals surface area contributed by atoms with Gasteiger partial charge in [-0.1, -0.05) is 42.0 Å². The molecule has 1 aliphatic rings. The highest BCUT2D eigenvalue weighted by atomic mass is 16.5. The number of phenolic OH excluding ortho intramolecular Hbond substituents is 1. The average molecular weight is 282 g/mol. The van der Waals surface area contributed by atoms with Crippen LogP contribution < -0.4 is 4.74 Å². The molecule has 0 unspecified atom stereocenters. The number of carbonyl (C=O) groups excluding carboxylic acids is 1. The second kappa shape index (κ2) is 6.75. The standard InChI is InChI=1S/C18H18O3/c1-13-5-3-4-6-14(8-7-13)11-18(20)16-12-15(21-2)9-10-17(16)19/h3-10,12,19H,11H2,1-2H3/b4-3-,5-3?,6-4?,8-7-,13-5-,13-7?,14-6+,14-8?. The van der Waals surface area contributed by atoms with Gasteiger partial charge in [0, 0.05) is 6.42 Å². The third-order valence-corrected chi connectivity index (χ3v) is 3.21. The van der Waals surface area contributed by atoms with Crippen molar-refractivity contribution in [2.75, 3.05) is 7.11 Å². The first-order valence-corrected chi connectivity index (χ1v) is 6.72. The van der Waals surface area contributed by atoms with Gasteiger partial charge in [-0.3, -0.25) is 4.79 Å². The van der Waals surface area contributed by atoms with E-state index in [0.717, 1.165) is 11.1 Å². The first-order chi connectivity index (χ1) is 10.1. The number of methoxy groups -OCH3 is 1. The molecular formula is C18H18O3. The van der Waals surface area contributed by atoms with Crippen molar-refractivity contribution in [2.45, 2.75) is 13.3 Å². The van der Waals surface area contributed by atoms with Crippen LogP contribution in [0.15, 0.2) is 65.8 Å². The van der Waals surface area contributed by atoms with Crippen molar-refractivity contribution in [3.63, 3.8) is 0 Å². The molecule has 1 N–H and O–H groups in total. The molecule has 0 amide bonds. The topological polar surface area (TPSA) is 46.5 Å². The van der Waals surface area contributed by atoms with Gasteiger partial charge in [-0.2, -0.15) is 0 Å². The van der Waals surface area contributed by atoms with Crippen molar-refractivity contribution in [1.29, 1.82) is 0 Å². The van der Waals surface area contributed by atoms with Crippen LogP contribution in [0.3, 0.4) is 0 Å². The zero-order valence-electron chi connectivity index (χ0n) is 12.2. The van der Waals surface area contributed by atoms with E-state index in [1.54, 1.807) is 12.1 Å². The van der Waals surface area contributed by atoms with E-state index in [1.807, 2.05) is 43.4 Å². The first kappa shape index (κ1) is 14.9. The minimum Gasteiger partial charge on any atom is -0.507 e. The van der Waals surface area contributed by atoms with E-state index in [9.17, 15) is 9.90 Å². The van der Waals surface area contributed by atoms with Crippen molar-refractivity contribution in [3.8, 4) is 11.5 Å². The van der Waals surface area contributed by atoms with Crippen molar-refractivity contribution in [1.82, 2.24) is 0 Å². The predicted molar refractivity (Wildman–Crippen MR) is 83.7 cm³/mol. The summed E-state index contributed by atoms with van der Waals surface area (Å²) in [7, 11) is 1.53. The molecule has 0 aromatic heterocycles. The molecule has 0 atom stereocenters. The largest absolute Gasteiger partial charge is 0.507 e. The number of hydrogen-bond donors (Lipinski definition) is 1. The SMILES string of the molecule is COc1ccc(O)c(C(=O)CC2=C/C=C\C=C(C)/C=C\2)c1. The number of ether oxygens (including phenoxy) is 1. The maximum atomic E-state index is 12.4. The fraction of sp³-hybridized carbons (Fsp3) is 0.167. The summed E-state index contributed by atoms with van der Waals surface area (Å²) in [6.45, 7) is 2.00. The number of Topliss-reactive ketones (excluding diaryl/α,β-unsaturated/α-hetero) is 1. The third kappa shape index (κ3) is 3.96. The van der Waals surface area contributed by atoms with Crippen LogP contribution in [-0.4, -0.2) is 18.0 Å². The van der Waals surface area contributed by atoms with Crippen LogP contribution >= 0.6 is 0 Å². The number of allylic oxidation sites excluding steroid dienone is 8. The molecule has 0 aliphatic heterocycles. The summed E-state index contributed by atoms with van der Waals surface area (Å²) in [6.07, 6.45) is 11.9. The molecule has 0 fully saturated rings. The molecule has 3 nitrogen and oxygen atoms in total. The van der Waals surface area contributed by atoms with Crippen molar-refractivity contribution in [3.05, 3.63) is 71.4 Å². The highest BCUT2D eigenvalue weighted by molar-refractivity contribution is 6.00. The number of hydrogen-bond acceptors (Lipinski definition) is 3. The van der Waals surface area contributed by atoms with E-state index >= 15 is 0 Å². The van der Waals surface area contributed by atoms with Crippen molar-refractivity contribution in [2.24, 2.45) is 0 Å². The minimum absolute atomic E-state index is 0.0251. The van der Waals surface area contributed by atoms with Gasteiger partial charge < -0.3 is 9.84 Å². The zero-order valence-corrected chi connectivity index (χ0v) is 12.2. The summed E-state index contributed by atoms with van der Waals surface area (Å²) in [5, 5.41) is 9.84. The van der Waals surface area contributed by atoms with Crippen molar-refractivity contribution < 1.29 is 14.6 Å². The van der Waals surface area contributed by atoms with Crippen LogP contribution in [0.5, 0.6) is 11.5 Å². The van der Waals surface area contributed by atoms with Crippen LogP contribution in [-0.2, 0) is 0 Å². The fourth-order valence-electron chi connectivity index (χ4n) is 2.00. The molecule has 1 aromatic carbocycles. The Morgan fingerprint density at radius 1 is 1.19 bits per heavy atom. The summed E-state index contributed by atoms with van der Waals surface area (Å²) in [5.41, 5.74) is 2.29. The summed E-state index contributed by atoms with van der Waals surface area (Å²) < 4.78 is 5.09. The van der Waals surface area contributed by atoms with Crippen LogP contribution in [0.25, 0.3) is 0 Å². The maximum absolute atomic E-state index is 12.4. The lowest BCUT2D eigenvalue weighted by molar-refractivity contribution is 0.0991. The van der Waals surface area contributed by atoms with Crippen LogP contribution in [0.1, 0.15) is 23.7 Å². The highest BCUT2D eigenvalue weighted by Gasteiger charge is 2.13. The van der Waals surface area contributed by atoms with E-state index < -0.39 is 0 Å². The van der Waals surface area contributed by atoms with Crippen LogP contribution in [0.2, 0.25) is 0 Å². The minimum atomic E-state index is -0.141. The normalized spacial score (nSPS) is 22.0. The second-order valence-corrected chi connectivity index (χ2v) is 4.85. The van der Waals surface area contributed by atoms with E-state index in [0.29, 0.717) is 5.75 Å². The Morgan fingerprint density at radius 3 is 2.71 bits per heavy atom. The molecule has 1 aromatic rings. The molecule has 1 aliphatic carbocycles. The zero-order chi connectivity index (χ0) is 15.2. The molecular weight excluding hydrogens is 264 g/mol. The number of rotatable bonds is 4. The number of phenols is 1. The van der Waals surface area contributed by atoms with Gasteiger partial charge in [0.25, 0.3) is 0 Å². The predicted octanol–water partition coefficient (Wildman–Crippen LogP) is 3.97. The van der Waals surface area contributed by atoms with E-state index in [1.165, 1.54) is 13.2 Å². The maximum Gasteiger partial charge on any atom is 0.171 e. The Labute approximate surface area is 124 Å². The molecule has 0 radical (unpaired) electrons. The molecule has 0 saturated heterocycles. The van der Waals surface area contributed by atoms with Gasteiger partial charge in [0.05, 0.1) is 12.7 Å². The Balaban J connectivity index is 2.20. The molecule has 2 rings (SSSR count). The lowest BCUT2D eigenvalue weighted by Crippen LogP contribution is -2.01.